The predicted molar refractivity (Wildman–Crippen MR) is 137 cm³/mol. The van der Waals surface area contributed by atoms with E-state index in [0.717, 1.165) is 88.4 Å². The zero-order chi connectivity index (χ0) is 21.7. The fourth-order valence-corrected chi connectivity index (χ4v) is 3.54. The number of aromatic nitrogens is 3. The molecular weight excluding hydrogens is 521 g/mol. The summed E-state index contributed by atoms with van der Waals surface area (Å²) in [5.74, 6) is 2.65. The number of hydrogen-bond donors (Lipinski definition) is 2. The van der Waals surface area contributed by atoms with Crippen molar-refractivity contribution >= 4 is 29.9 Å². The van der Waals surface area contributed by atoms with Crippen molar-refractivity contribution < 1.29 is 9.47 Å². The molecule has 0 amide bonds. The lowest BCUT2D eigenvalue weighted by atomic mass is 10.2. The summed E-state index contributed by atoms with van der Waals surface area (Å²) in [6.45, 7) is 9.81. The minimum atomic E-state index is 0. The Morgan fingerprint density at radius 2 is 1.94 bits per heavy atom. The van der Waals surface area contributed by atoms with Crippen molar-refractivity contribution in [1.29, 1.82) is 0 Å². The summed E-state index contributed by atoms with van der Waals surface area (Å²) in [7, 11) is 1.69. The Morgan fingerprint density at radius 3 is 2.72 bits per heavy atom. The second-order valence-electron chi connectivity index (χ2n) is 7.43. The zero-order valence-electron chi connectivity index (χ0n) is 19.1. The van der Waals surface area contributed by atoms with E-state index in [1.807, 2.05) is 24.3 Å². The molecule has 1 saturated heterocycles. The number of nitrogens with zero attached hydrogens (tertiary/aromatic N) is 5. The normalized spacial score (nSPS) is 14.6. The molecule has 0 bridgehead atoms. The van der Waals surface area contributed by atoms with E-state index < -0.39 is 0 Å². The topological polar surface area (TPSA) is 88.8 Å². The molecule has 2 N–H and O–H groups in total. The first-order chi connectivity index (χ1) is 15.3. The Labute approximate surface area is 208 Å². The summed E-state index contributed by atoms with van der Waals surface area (Å²) in [4.78, 5) is 7.24. The Hall–Kier alpha value is -1.92. The van der Waals surface area contributed by atoms with Crippen LogP contribution in [0, 0.1) is 0 Å². The van der Waals surface area contributed by atoms with Gasteiger partial charge in [0.25, 0.3) is 0 Å². The molecule has 10 heteroatoms. The molecule has 32 heavy (non-hydrogen) atoms. The van der Waals surface area contributed by atoms with Crippen molar-refractivity contribution in [3.05, 3.63) is 42.0 Å². The largest absolute Gasteiger partial charge is 0.496 e. The van der Waals surface area contributed by atoms with Crippen LogP contribution in [-0.4, -0.2) is 78.7 Å². The molecule has 9 nitrogen and oxygen atoms in total. The highest BCUT2D eigenvalue weighted by atomic mass is 127. The van der Waals surface area contributed by atoms with E-state index in [2.05, 4.69) is 37.2 Å². The number of nitrogens with one attached hydrogen (secondary N) is 2. The van der Waals surface area contributed by atoms with Crippen molar-refractivity contribution in [2.24, 2.45) is 4.99 Å². The second kappa shape index (κ2) is 15.0. The van der Waals surface area contributed by atoms with Crippen LogP contribution in [0.3, 0.4) is 0 Å². The maximum absolute atomic E-state index is 5.46. The van der Waals surface area contributed by atoms with Crippen molar-refractivity contribution in [2.45, 2.75) is 32.9 Å². The van der Waals surface area contributed by atoms with E-state index in [-0.39, 0.29) is 24.0 Å². The first-order valence-corrected chi connectivity index (χ1v) is 11.1. The number of aryl methyl sites for hydroxylation is 1. The number of halogens is 1. The van der Waals surface area contributed by atoms with Crippen molar-refractivity contribution in [2.75, 3.05) is 53.0 Å². The van der Waals surface area contributed by atoms with Crippen LogP contribution in [0.1, 0.15) is 24.7 Å². The van der Waals surface area contributed by atoms with Gasteiger partial charge in [0, 0.05) is 44.7 Å². The van der Waals surface area contributed by atoms with Gasteiger partial charge in [0.05, 0.1) is 26.9 Å². The third-order valence-corrected chi connectivity index (χ3v) is 5.30. The van der Waals surface area contributed by atoms with E-state index >= 15 is 0 Å². The molecule has 1 aromatic carbocycles. The summed E-state index contributed by atoms with van der Waals surface area (Å²) in [6, 6.07) is 7.99. The molecule has 0 saturated carbocycles. The lowest BCUT2D eigenvalue weighted by Crippen LogP contribution is -2.41. The third kappa shape index (κ3) is 8.55. The van der Waals surface area contributed by atoms with Gasteiger partial charge in [-0.15, -0.1) is 34.2 Å². The first-order valence-electron chi connectivity index (χ1n) is 11.1. The number of hydrogen-bond acceptors (Lipinski definition) is 6. The van der Waals surface area contributed by atoms with Gasteiger partial charge in [-0.3, -0.25) is 4.90 Å². The van der Waals surface area contributed by atoms with Gasteiger partial charge in [-0.1, -0.05) is 25.1 Å². The molecule has 0 atom stereocenters. The molecular formula is C22H36IN7O2. The summed E-state index contributed by atoms with van der Waals surface area (Å²) < 4.78 is 12.9. The quantitative estimate of drug-likeness (QED) is 0.189. The SMILES string of the molecule is CCc1nncn1CCNC(=NCc1ccccc1OC)NCCCN1CCOCC1.I. The molecule has 1 aromatic heterocycles. The van der Waals surface area contributed by atoms with Crippen LogP contribution in [0.5, 0.6) is 5.75 Å². The lowest BCUT2D eigenvalue weighted by molar-refractivity contribution is 0.0376. The minimum Gasteiger partial charge on any atom is -0.496 e. The molecule has 1 fully saturated rings. The summed E-state index contributed by atoms with van der Waals surface area (Å²) >= 11 is 0. The number of guanidine groups is 1. The monoisotopic (exact) mass is 557 g/mol. The van der Waals surface area contributed by atoms with E-state index in [1.165, 1.54) is 0 Å². The maximum atomic E-state index is 5.46. The molecule has 2 aromatic rings. The van der Waals surface area contributed by atoms with Gasteiger partial charge in [0.1, 0.15) is 17.9 Å². The Balaban J connectivity index is 0.00000363. The minimum absolute atomic E-state index is 0. The maximum Gasteiger partial charge on any atom is 0.191 e. The van der Waals surface area contributed by atoms with Crippen LogP contribution in [0.4, 0.5) is 0 Å². The average Bonchev–Trinajstić information content (AvgIpc) is 3.28. The predicted octanol–water partition coefficient (Wildman–Crippen LogP) is 1.92. The van der Waals surface area contributed by atoms with E-state index in [4.69, 9.17) is 14.5 Å². The molecule has 3 rings (SSSR count). The fraction of sp³-hybridized carbons (Fsp3) is 0.591. The number of para-hydroxylation sites is 1. The molecule has 0 aliphatic carbocycles. The van der Waals surface area contributed by atoms with Gasteiger partial charge in [-0.25, -0.2) is 4.99 Å². The molecule has 0 spiro atoms. The Morgan fingerprint density at radius 1 is 1.16 bits per heavy atom. The van der Waals surface area contributed by atoms with E-state index in [0.29, 0.717) is 6.54 Å². The number of ether oxygens (including phenoxy) is 2. The average molecular weight is 557 g/mol. The molecule has 0 unspecified atom stereocenters. The highest BCUT2D eigenvalue weighted by Gasteiger charge is 2.10. The van der Waals surface area contributed by atoms with Gasteiger partial charge in [0.2, 0.25) is 0 Å². The van der Waals surface area contributed by atoms with Gasteiger partial charge in [-0.2, -0.15) is 0 Å². The number of methoxy groups -OCH3 is 1. The summed E-state index contributed by atoms with van der Waals surface area (Å²) in [6.07, 6.45) is 3.71. The van der Waals surface area contributed by atoms with Gasteiger partial charge in [0.15, 0.2) is 5.96 Å². The molecule has 2 heterocycles. The molecule has 0 radical (unpaired) electrons. The van der Waals surface area contributed by atoms with Crippen LogP contribution in [0.2, 0.25) is 0 Å². The number of rotatable bonds is 11. The second-order valence-corrected chi connectivity index (χ2v) is 7.43. The zero-order valence-corrected chi connectivity index (χ0v) is 21.5. The summed E-state index contributed by atoms with van der Waals surface area (Å²) in [5.41, 5.74) is 1.06. The molecule has 1 aliphatic rings. The highest BCUT2D eigenvalue weighted by Crippen LogP contribution is 2.17. The van der Waals surface area contributed by atoms with Crippen LogP contribution >= 0.6 is 24.0 Å². The third-order valence-electron chi connectivity index (χ3n) is 5.30. The van der Waals surface area contributed by atoms with Crippen LogP contribution in [0.15, 0.2) is 35.6 Å². The Kier molecular flexibility index (Phi) is 12.4. The van der Waals surface area contributed by atoms with Crippen LogP contribution in [0.25, 0.3) is 0 Å². The van der Waals surface area contributed by atoms with Gasteiger partial charge >= 0.3 is 0 Å². The van der Waals surface area contributed by atoms with E-state index in [1.54, 1.807) is 13.4 Å². The summed E-state index contributed by atoms with van der Waals surface area (Å²) in [5, 5.41) is 15.1. The van der Waals surface area contributed by atoms with Crippen LogP contribution < -0.4 is 15.4 Å². The molecule has 1 aliphatic heterocycles. The smallest absolute Gasteiger partial charge is 0.191 e. The first kappa shape index (κ1) is 26.3. The van der Waals surface area contributed by atoms with E-state index in [9.17, 15) is 0 Å². The number of benzene rings is 1. The number of aliphatic imine (C=N–C) groups is 1. The standard InChI is InChI=1S/C22H35N7O2.HI/c1-3-21-27-26-18-29(21)12-10-24-22(23-9-6-11-28-13-15-31-16-14-28)25-17-19-7-4-5-8-20(19)30-2;/h4-5,7-8,18H,3,6,9-17H2,1-2H3,(H2,23,24,25);1H. The van der Waals surface area contributed by atoms with Gasteiger partial charge in [-0.05, 0) is 19.0 Å². The highest BCUT2D eigenvalue weighted by molar-refractivity contribution is 14.0. The Bertz CT molecular complexity index is 809. The molecule has 178 valence electrons. The van der Waals surface area contributed by atoms with Gasteiger partial charge < -0.3 is 24.7 Å². The number of morpholine rings is 1. The lowest BCUT2D eigenvalue weighted by Gasteiger charge is -2.26. The fourth-order valence-electron chi connectivity index (χ4n) is 3.54. The van der Waals surface area contributed by atoms with Crippen LogP contribution in [-0.2, 0) is 24.2 Å². The van der Waals surface area contributed by atoms with Crippen molar-refractivity contribution in [1.82, 2.24) is 30.3 Å². The van der Waals surface area contributed by atoms with Crippen molar-refractivity contribution in [3.63, 3.8) is 0 Å². The van der Waals surface area contributed by atoms with Crippen molar-refractivity contribution in [3.8, 4) is 5.75 Å².